The zero-order chi connectivity index (χ0) is 31.6. The van der Waals surface area contributed by atoms with E-state index in [0.29, 0.717) is 0 Å². The lowest BCUT2D eigenvalue weighted by Gasteiger charge is -2.07. The van der Waals surface area contributed by atoms with Gasteiger partial charge in [0.2, 0.25) is 25.5 Å². The van der Waals surface area contributed by atoms with Crippen LogP contribution >= 0.6 is 11.6 Å². The van der Waals surface area contributed by atoms with Crippen molar-refractivity contribution in [2.45, 2.75) is 9.79 Å². The average Bonchev–Trinajstić information content (AvgIpc) is 3.32. The number of Topliss-reactive ketones (excluding diaryl/α,β-unsaturated/α-hetero) is 1. The Kier molecular flexibility index (Phi) is 8.51. The molecule has 2 aromatic carbocycles. The molecule has 0 radical (unpaired) electrons. The van der Waals surface area contributed by atoms with Crippen molar-refractivity contribution in [3.8, 4) is 11.1 Å². The summed E-state index contributed by atoms with van der Waals surface area (Å²) in [7, 11) is -3.84. The standard InChI is InChI=1S/C21H13ClO6S2.C12H14N2/c22-13(9-11-18-20(23)14-5-1-3-7-16(14)29(18,25)26)10-12-19-21(24)15-6-2-4-8-17(15)30(19,27)28;1-13-7-3-5-11(9-13)12-6-4-8-14(2)10-12/h1-12,23H;3-10H,1-2H3/q;+2/p-1. The minimum Gasteiger partial charge on any atom is -0.871 e. The fraction of sp³-hybridized carbons (Fsp3) is 0.0606. The molecule has 0 atom stereocenters. The maximum atomic E-state index is 12.5. The third-order valence-corrected chi connectivity index (χ3v) is 10.8. The predicted molar refractivity (Wildman–Crippen MR) is 164 cm³/mol. The Labute approximate surface area is 260 Å². The number of aromatic nitrogens is 2. The van der Waals surface area contributed by atoms with Crippen LogP contribution in [0.3, 0.4) is 0 Å². The minimum absolute atomic E-state index is 0.0621. The fourth-order valence-corrected chi connectivity index (χ4v) is 7.96. The largest absolute Gasteiger partial charge is 0.871 e. The van der Waals surface area contributed by atoms with Gasteiger partial charge in [-0.25, -0.2) is 26.0 Å². The number of pyridine rings is 2. The highest BCUT2D eigenvalue weighted by molar-refractivity contribution is 7.97. The number of sulfone groups is 2. The molecule has 11 heteroatoms. The summed E-state index contributed by atoms with van der Waals surface area (Å²) < 4.78 is 54.2. The summed E-state index contributed by atoms with van der Waals surface area (Å²) in [5.41, 5.74) is 2.65. The molecule has 2 aliphatic rings. The average molecular weight is 646 g/mol. The van der Waals surface area contributed by atoms with Crippen LogP contribution in [0.15, 0.2) is 147 Å². The van der Waals surface area contributed by atoms with Gasteiger partial charge in [-0.1, -0.05) is 47.7 Å². The predicted octanol–water partition coefficient (Wildman–Crippen LogP) is 3.74. The molecule has 6 rings (SSSR count). The first-order chi connectivity index (χ1) is 20.9. The monoisotopic (exact) mass is 645 g/mol. The fourth-order valence-electron chi connectivity index (χ4n) is 4.74. The summed E-state index contributed by atoms with van der Waals surface area (Å²) >= 11 is 6.05. The van der Waals surface area contributed by atoms with Crippen LogP contribution in [0.1, 0.15) is 15.9 Å². The molecule has 2 aromatic heterocycles. The topological polar surface area (TPSA) is 116 Å². The van der Waals surface area contributed by atoms with E-state index in [-0.39, 0.29) is 26.0 Å². The van der Waals surface area contributed by atoms with Gasteiger partial charge in [0, 0.05) is 22.7 Å². The summed E-state index contributed by atoms with van der Waals surface area (Å²) in [5, 5.41) is 12.3. The highest BCUT2D eigenvalue weighted by Gasteiger charge is 2.38. The number of carbonyl (C=O) groups is 1. The Morgan fingerprint density at radius 2 is 1.27 bits per heavy atom. The van der Waals surface area contributed by atoms with Gasteiger partial charge in [-0.3, -0.25) is 4.79 Å². The molecular weight excluding hydrogens is 620 g/mol. The first-order valence-electron chi connectivity index (χ1n) is 13.2. The molecule has 0 saturated heterocycles. The summed E-state index contributed by atoms with van der Waals surface area (Å²) in [6, 6.07) is 20.1. The molecule has 222 valence electrons. The van der Waals surface area contributed by atoms with Crippen LogP contribution in [0.4, 0.5) is 0 Å². The van der Waals surface area contributed by atoms with Crippen molar-refractivity contribution in [3.63, 3.8) is 0 Å². The lowest BCUT2D eigenvalue weighted by Crippen LogP contribution is -2.28. The van der Waals surface area contributed by atoms with E-state index in [2.05, 4.69) is 45.8 Å². The van der Waals surface area contributed by atoms with Gasteiger partial charge in [-0.15, -0.1) is 0 Å². The number of aryl methyl sites for hydroxylation is 2. The molecular formula is C33H26ClN2O6S2+. The smallest absolute Gasteiger partial charge is 0.211 e. The highest BCUT2D eigenvalue weighted by Crippen LogP contribution is 2.37. The number of fused-ring (bicyclic) bond motifs is 2. The van der Waals surface area contributed by atoms with Crippen molar-refractivity contribution >= 4 is 42.8 Å². The zero-order valence-corrected chi connectivity index (χ0v) is 26.0. The number of allylic oxidation sites excluding steroid dienone is 6. The minimum atomic E-state index is -3.96. The Bertz CT molecular complexity index is 2120. The molecule has 0 fully saturated rings. The second-order valence-corrected chi connectivity index (χ2v) is 14.2. The van der Waals surface area contributed by atoms with E-state index in [0.717, 1.165) is 24.3 Å². The van der Waals surface area contributed by atoms with E-state index in [1.807, 2.05) is 26.5 Å². The van der Waals surface area contributed by atoms with E-state index in [1.165, 1.54) is 47.5 Å². The molecule has 4 heterocycles. The number of rotatable bonds is 4. The Hall–Kier alpha value is -4.64. The van der Waals surface area contributed by atoms with Crippen LogP contribution in [0.5, 0.6) is 0 Å². The zero-order valence-electron chi connectivity index (χ0n) is 23.6. The number of ketones is 1. The first-order valence-corrected chi connectivity index (χ1v) is 16.6. The van der Waals surface area contributed by atoms with E-state index < -0.39 is 41.0 Å². The molecule has 0 unspecified atom stereocenters. The van der Waals surface area contributed by atoms with E-state index in [1.54, 1.807) is 12.1 Å². The molecule has 44 heavy (non-hydrogen) atoms. The van der Waals surface area contributed by atoms with E-state index in [4.69, 9.17) is 11.6 Å². The third-order valence-electron chi connectivity index (χ3n) is 6.87. The Balaban J connectivity index is 0.000000229. The maximum Gasteiger partial charge on any atom is 0.211 e. The molecule has 0 bridgehead atoms. The van der Waals surface area contributed by atoms with Gasteiger partial charge in [0.1, 0.15) is 19.0 Å². The Morgan fingerprint density at radius 3 is 1.80 bits per heavy atom. The van der Waals surface area contributed by atoms with Gasteiger partial charge in [0.25, 0.3) is 0 Å². The van der Waals surface area contributed by atoms with Crippen molar-refractivity contribution in [3.05, 3.63) is 148 Å². The molecule has 0 N–H and O–H groups in total. The molecule has 2 aliphatic heterocycles. The molecule has 8 nitrogen and oxygen atoms in total. The van der Waals surface area contributed by atoms with Crippen LogP contribution in [0.2, 0.25) is 0 Å². The summed E-state index contributed by atoms with van der Waals surface area (Å²) in [6.07, 6.45) is 12.8. The second-order valence-electron chi connectivity index (χ2n) is 9.95. The molecule has 0 amide bonds. The van der Waals surface area contributed by atoms with Crippen LogP contribution in [0, 0.1) is 0 Å². The van der Waals surface area contributed by atoms with Crippen molar-refractivity contribution in [1.82, 2.24) is 0 Å². The first kappa shape index (κ1) is 30.8. The Morgan fingerprint density at radius 1 is 0.750 bits per heavy atom. The normalized spacial score (nSPS) is 17.4. The van der Waals surface area contributed by atoms with E-state index >= 15 is 0 Å². The summed E-state index contributed by atoms with van der Waals surface area (Å²) in [5.74, 6) is -1.29. The molecule has 0 aliphatic carbocycles. The second kappa shape index (κ2) is 12.2. The van der Waals surface area contributed by atoms with Crippen LogP contribution in [-0.4, -0.2) is 22.6 Å². The molecule has 0 saturated carbocycles. The lowest BCUT2D eigenvalue weighted by molar-refractivity contribution is -0.672. The van der Waals surface area contributed by atoms with Crippen molar-refractivity contribution in [1.29, 1.82) is 0 Å². The molecule has 0 spiro atoms. The number of halogens is 1. The van der Waals surface area contributed by atoms with Crippen molar-refractivity contribution in [2.24, 2.45) is 14.1 Å². The van der Waals surface area contributed by atoms with Gasteiger partial charge in [0.15, 0.2) is 24.8 Å². The third kappa shape index (κ3) is 5.92. The summed E-state index contributed by atoms with van der Waals surface area (Å²) in [4.78, 5) is 11.4. The van der Waals surface area contributed by atoms with Crippen molar-refractivity contribution < 1.29 is 35.9 Å². The summed E-state index contributed by atoms with van der Waals surface area (Å²) in [6.45, 7) is 0. The van der Waals surface area contributed by atoms with Crippen LogP contribution in [-0.2, 0) is 33.8 Å². The van der Waals surface area contributed by atoms with Gasteiger partial charge >= 0.3 is 0 Å². The lowest BCUT2D eigenvalue weighted by atomic mass is 10.1. The van der Waals surface area contributed by atoms with Crippen LogP contribution < -0.4 is 14.2 Å². The van der Waals surface area contributed by atoms with Crippen LogP contribution in [0.25, 0.3) is 16.9 Å². The van der Waals surface area contributed by atoms with Gasteiger partial charge < -0.3 is 5.11 Å². The van der Waals surface area contributed by atoms with Gasteiger partial charge in [-0.05, 0) is 60.2 Å². The highest BCUT2D eigenvalue weighted by atomic mass is 35.5. The number of benzene rings is 2. The quantitative estimate of drug-likeness (QED) is 0.190. The van der Waals surface area contributed by atoms with E-state index in [9.17, 15) is 26.7 Å². The number of hydrogen-bond donors (Lipinski definition) is 0. The number of hydrogen-bond acceptors (Lipinski definition) is 6. The number of nitrogens with zero attached hydrogens (tertiary/aromatic N) is 2. The maximum absolute atomic E-state index is 12.5. The SMILES string of the molecule is C[n+]1cccc(-c2ccc[n+](C)c2)c1.O=C1C(=CC=C(Cl)C=CC2=C([O-])c3ccccc3S2(=O)=O)S(=O)(=O)c2ccccc21. The number of carbonyl (C=O) groups excluding carboxylic acids is 1. The molecule has 4 aromatic rings. The van der Waals surface area contributed by atoms with Gasteiger partial charge in [-0.2, -0.15) is 0 Å². The van der Waals surface area contributed by atoms with Gasteiger partial charge in [0.05, 0.1) is 25.8 Å². The van der Waals surface area contributed by atoms with Crippen molar-refractivity contribution in [2.75, 3.05) is 0 Å².